The molecule has 19 heavy (non-hydrogen) atoms. The number of carbonyl (C=O) groups excluding carboxylic acids is 1. The monoisotopic (exact) mass is 256 g/mol. The Balaban J connectivity index is 1.81. The molecule has 1 aromatic heterocycles. The van der Waals surface area contributed by atoms with E-state index in [0.717, 1.165) is 30.8 Å². The maximum absolute atomic E-state index is 12.3. The number of amides is 1. The number of hydrogen-bond donors (Lipinski definition) is 3. The van der Waals surface area contributed by atoms with Crippen molar-refractivity contribution in [3.63, 3.8) is 0 Å². The summed E-state index contributed by atoms with van der Waals surface area (Å²) >= 11 is 0. The smallest absolute Gasteiger partial charge is 0.255 e. The molecule has 2 aromatic rings. The summed E-state index contributed by atoms with van der Waals surface area (Å²) in [4.78, 5) is 12.3. The van der Waals surface area contributed by atoms with Gasteiger partial charge in [0, 0.05) is 18.2 Å². The molecule has 0 saturated carbocycles. The standard InChI is InChI=1S/C14H16N4O/c19-14(17-11-6-7-15-8-11)12-9-16-18-13(12)10-4-2-1-3-5-10/h1-5,9,11,15H,6-8H2,(H,16,18)(H,17,19). The first-order chi connectivity index (χ1) is 9.34. The third kappa shape index (κ3) is 2.51. The summed E-state index contributed by atoms with van der Waals surface area (Å²) < 4.78 is 0. The van der Waals surface area contributed by atoms with Crippen LogP contribution < -0.4 is 10.6 Å². The molecule has 0 bridgehead atoms. The van der Waals surface area contributed by atoms with Crippen molar-refractivity contribution >= 4 is 5.91 Å². The topological polar surface area (TPSA) is 69.8 Å². The van der Waals surface area contributed by atoms with Crippen molar-refractivity contribution < 1.29 is 4.79 Å². The molecular weight excluding hydrogens is 240 g/mol. The third-order valence-electron chi connectivity index (χ3n) is 3.34. The molecule has 0 spiro atoms. The number of aromatic nitrogens is 2. The van der Waals surface area contributed by atoms with E-state index in [1.165, 1.54) is 0 Å². The Morgan fingerprint density at radius 2 is 2.16 bits per heavy atom. The maximum atomic E-state index is 12.3. The molecule has 5 heteroatoms. The molecule has 1 fully saturated rings. The molecular formula is C14H16N4O. The van der Waals surface area contributed by atoms with E-state index in [2.05, 4.69) is 20.8 Å². The van der Waals surface area contributed by atoms with Crippen LogP contribution in [0.1, 0.15) is 16.8 Å². The Morgan fingerprint density at radius 1 is 1.32 bits per heavy atom. The summed E-state index contributed by atoms with van der Waals surface area (Å²) in [5, 5.41) is 13.2. The van der Waals surface area contributed by atoms with Crippen LogP contribution in [0.15, 0.2) is 36.5 Å². The van der Waals surface area contributed by atoms with Gasteiger partial charge in [0.05, 0.1) is 17.5 Å². The molecule has 3 N–H and O–H groups in total. The fourth-order valence-corrected chi connectivity index (χ4v) is 2.32. The van der Waals surface area contributed by atoms with Crippen LogP contribution in [0, 0.1) is 0 Å². The maximum Gasteiger partial charge on any atom is 0.255 e. The second kappa shape index (κ2) is 5.24. The predicted octanol–water partition coefficient (Wildman–Crippen LogP) is 1.17. The van der Waals surface area contributed by atoms with Gasteiger partial charge in [-0.15, -0.1) is 0 Å². The van der Waals surface area contributed by atoms with E-state index < -0.39 is 0 Å². The van der Waals surface area contributed by atoms with E-state index in [9.17, 15) is 4.79 Å². The largest absolute Gasteiger partial charge is 0.348 e. The Morgan fingerprint density at radius 3 is 2.89 bits per heavy atom. The van der Waals surface area contributed by atoms with E-state index in [1.807, 2.05) is 30.3 Å². The van der Waals surface area contributed by atoms with Gasteiger partial charge < -0.3 is 10.6 Å². The predicted molar refractivity (Wildman–Crippen MR) is 72.8 cm³/mol. The van der Waals surface area contributed by atoms with Crippen LogP contribution in [0.4, 0.5) is 0 Å². The van der Waals surface area contributed by atoms with Crippen molar-refractivity contribution in [2.45, 2.75) is 12.5 Å². The number of nitrogens with one attached hydrogen (secondary N) is 3. The van der Waals surface area contributed by atoms with Crippen molar-refractivity contribution in [2.24, 2.45) is 0 Å². The van der Waals surface area contributed by atoms with Crippen LogP contribution >= 0.6 is 0 Å². The average Bonchev–Trinajstić information content (AvgIpc) is 3.10. The highest BCUT2D eigenvalue weighted by molar-refractivity contribution is 5.99. The van der Waals surface area contributed by atoms with Crippen molar-refractivity contribution in [3.05, 3.63) is 42.1 Å². The van der Waals surface area contributed by atoms with Crippen LogP contribution in [0.3, 0.4) is 0 Å². The lowest BCUT2D eigenvalue weighted by molar-refractivity contribution is 0.0941. The quantitative estimate of drug-likeness (QED) is 0.772. The van der Waals surface area contributed by atoms with Crippen LogP contribution in [0.5, 0.6) is 0 Å². The molecule has 98 valence electrons. The Labute approximate surface area is 111 Å². The first kappa shape index (κ1) is 11.9. The average molecular weight is 256 g/mol. The number of nitrogens with zero attached hydrogens (tertiary/aromatic N) is 1. The summed E-state index contributed by atoms with van der Waals surface area (Å²) in [6.07, 6.45) is 2.56. The Bertz CT molecular complexity index is 558. The Kier molecular flexibility index (Phi) is 3.29. The normalized spacial score (nSPS) is 18.4. The molecule has 1 saturated heterocycles. The fraction of sp³-hybridized carbons (Fsp3) is 0.286. The summed E-state index contributed by atoms with van der Waals surface area (Å²) in [5.41, 5.74) is 2.33. The molecule has 3 rings (SSSR count). The molecule has 1 aromatic carbocycles. The van der Waals surface area contributed by atoms with Gasteiger partial charge >= 0.3 is 0 Å². The highest BCUT2D eigenvalue weighted by Gasteiger charge is 2.20. The zero-order valence-corrected chi connectivity index (χ0v) is 10.5. The second-order valence-electron chi connectivity index (χ2n) is 4.69. The summed E-state index contributed by atoms with van der Waals surface area (Å²) in [7, 11) is 0. The van der Waals surface area contributed by atoms with Crippen LogP contribution in [-0.2, 0) is 0 Å². The van der Waals surface area contributed by atoms with Gasteiger partial charge in [0.25, 0.3) is 5.91 Å². The lowest BCUT2D eigenvalue weighted by atomic mass is 10.1. The minimum Gasteiger partial charge on any atom is -0.348 e. The molecule has 0 radical (unpaired) electrons. The van der Waals surface area contributed by atoms with Gasteiger partial charge in [-0.05, 0) is 13.0 Å². The van der Waals surface area contributed by atoms with Gasteiger partial charge in [0.15, 0.2) is 0 Å². The molecule has 1 atom stereocenters. The van der Waals surface area contributed by atoms with E-state index in [1.54, 1.807) is 6.20 Å². The zero-order valence-electron chi connectivity index (χ0n) is 10.5. The first-order valence-electron chi connectivity index (χ1n) is 6.45. The van der Waals surface area contributed by atoms with E-state index in [4.69, 9.17) is 0 Å². The summed E-state index contributed by atoms with van der Waals surface area (Å²) in [6, 6.07) is 9.97. The zero-order chi connectivity index (χ0) is 13.1. The molecule has 0 aliphatic carbocycles. The number of H-pyrrole nitrogens is 1. The van der Waals surface area contributed by atoms with Crippen molar-refractivity contribution in [2.75, 3.05) is 13.1 Å². The van der Waals surface area contributed by atoms with E-state index in [0.29, 0.717) is 5.56 Å². The van der Waals surface area contributed by atoms with E-state index >= 15 is 0 Å². The number of benzene rings is 1. The number of rotatable bonds is 3. The molecule has 1 amide bonds. The second-order valence-corrected chi connectivity index (χ2v) is 4.69. The molecule has 1 unspecified atom stereocenters. The minimum atomic E-state index is -0.0682. The van der Waals surface area contributed by atoms with Crippen molar-refractivity contribution in [1.29, 1.82) is 0 Å². The van der Waals surface area contributed by atoms with Gasteiger partial charge in [-0.1, -0.05) is 30.3 Å². The van der Waals surface area contributed by atoms with Gasteiger partial charge in [-0.25, -0.2) is 0 Å². The van der Waals surface area contributed by atoms with Crippen LogP contribution in [0.25, 0.3) is 11.3 Å². The highest BCUT2D eigenvalue weighted by atomic mass is 16.1. The van der Waals surface area contributed by atoms with E-state index in [-0.39, 0.29) is 11.9 Å². The van der Waals surface area contributed by atoms with Gasteiger partial charge in [-0.2, -0.15) is 5.10 Å². The molecule has 1 aliphatic rings. The SMILES string of the molecule is O=C(NC1CCNC1)c1cn[nH]c1-c1ccccc1. The number of carbonyl (C=O) groups is 1. The molecule has 5 nitrogen and oxygen atoms in total. The summed E-state index contributed by atoms with van der Waals surface area (Å²) in [5.74, 6) is -0.0682. The molecule has 1 aliphatic heterocycles. The van der Waals surface area contributed by atoms with Crippen LogP contribution in [0.2, 0.25) is 0 Å². The van der Waals surface area contributed by atoms with Crippen LogP contribution in [-0.4, -0.2) is 35.2 Å². The first-order valence-corrected chi connectivity index (χ1v) is 6.45. The fourth-order valence-electron chi connectivity index (χ4n) is 2.32. The lowest BCUT2D eigenvalue weighted by Crippen LogP contribution is -2.36. The number of aromatic amines is 1. The Hall–Kier alpha value is -2.14. The highest BCUT2D eigenvalue weighted by Crippen LogP contribution is 2.20. The summed E-state index contributed by atoms with van der Waals surface area (Å²) in [6.45, 7) is 1.80. The lowest BCUT2D eigenvalue weighted by Gasteiger charge is -2.11. The van der Waals surface area contributed by atoms with Gasteiger partial charge in [0.1, 0.15) is 0 Å². The minimum absolute atomic E-state index is 0.0682. The van der Waals surface area contributed by atoms with Crippen molar-refractivity contribution in [3.8, 4) is 11.3 Å². The van der Waals surface area contributed by atoms with Crippen molar-refractivity contribution in [1.82, 2.24) is 20.8 Å². The number of hydrogen-bond acceptors (Lipinski definition) is 3. The van der Waals surface area contributed by atoms with Gasteiger partial charge in [0.2, 0.25) is 0 Å². The third-order valence-corrected chi connectivity index (χ3v) is 3.34. The molecule has 2 heterocycles. The van der Waals surface area contributed by atoms with Gasteiger partial charge in [-0.3, -0.25) is 9.89 Å².